The van der Waals surface area contributed by atoms with Crippen LogP contribution in [0.4, 0.5) is 10.1 Å². The van der Waals surface area contributed by atoms with Gasteiger partial charge in [0, 0.05) is 11.8 Å². The van der Waals surface area contributed by atoms with Crippen LogP contribution in [0.2, 0.25) is 0 Å². The molecule has 7 heteroatoms. The van der Waals surface area contributed by atoms with Gasteiger partial charge in [-0.15, -0.1) is 0 Å². The van der Waals surface area contributed by atoms with Gasteiger partial charge in [-0.25, -0.2) is 14.1 Å². The first-order valence-electron chi connectivity index (χ1n) is 7.30. The van der Waals surface area contributed by atoms with E-state index < -0.39 is 11.9 Å². The molecular weight excluding hydrogens is 311 g/mol. The number of benzene rings is 2. The molecule has 1 amide bonds. The van der Waals surface area contributed by atoms with Gasteiger partial charge in [-0.1, -0.05) is 6.07 Å². The maximum atomic E-state index is 13.1. The number of nitrogens with zero attached hydrogens (tertiary/aromatic N) is 3. The standard InChI is InChI=1S/C17H15FN4O2/c1-12(24-16-4-2-3-13(18)9-16)17(23)21-14-5-7-15(8-6-14)22-11-19-10-20-22/h2-12H,1H3,(H,21,23). The minimum Gasteiger partial charge on any atom is -0.481 e. The molecule has 6 nitrogen and oxygen atoms in total. The molecule has 3 rings (SSSR count). The van der Waals surface area contributed by atoms with Crippen molar-refractivity contribution in [1.82, 2.24) is 14.8 Å². The van der Waals surface area contributed by atoms with Crippen LogP contribution < -0.4 is 10.1 Å². The summed E-state index contributed by atoms with van der Waals surface area (Å²) in [5.41, 5.74) is 1.45. The lowest BCUT2D eigenvalue weighted by atomic mass is 10.2. The minimum atomic E-state index is -0.762. The number of ether oxygens (including phenoxy) is 1. The van der Waals surface area contributed by atoms with E-state index in [0.29, 0.717) is 11.4 Å². The van der Waals surface area contributed by atoms with E-state index in [1.165, 1.54) is 24.5 Å². The van der Waals surface area contributed by atoms with E-state index in [0.717, 1.165) is 5.69 Å². The molecule has 1 N–H and O–H groups in total. The average molecular weight is 326 g/mol. The van der Waals surface area contributed by atoms with Crippen LogP contribution in [0.1, 0.15) is 6.92 Å². The molecule has 0 bridgehead atoms. The van der Waals surface area contributed by atoms with Gasteiger partial charge in [-0.3, -0.25) is 4.79 Å². The minimum absolute atomic E-state index is 0.305. The van der Waals surface area contributed by atoms with E-state index in [4.69, 9.17) is 4.74 Å². The van der Waals surface area contributed by atoms with Crippen LogP contribution in [-0.4, -0.2) is 26.8 Å². The first-order valence-corrected chi connectivity index (χ1v) is 7.30. The molecule has 0 saturated heterocycles. The summed E-state index contributed by atoms with van der Waals surface area (Å²) in [6, 6.07) is 12.8. The molecular formula is C17H15FN4O2. The highest BCUT2D eigenvalue weighted by molar-refractivity contribution is 5.94. The molecule has 1 aromatic heterocycles. The molecule has 3 aromatic rings. The number of halogens is 1. The summed E-state index contributed by atoms with van der Waals surface area (Å²) in [5, 5.41) is 6.77. The number of carbonyl (C=O) groups is 1. The first kappa shape index (κ1) is 15.7. The summed E-state index contributed by atoms with van der Waals surface area (Å²) in [4.78, 5) is 16.0. The number of amides is 1. The Morgan fingerprint density at radius 2 is 2.04 bits per heavy atom. The average Bonchev–Trinajstić information content (AvgIpc) is 3.10. The Labute approximate surface area is 137 Å². The summed E-state index contributed by atoms with van der Waals surface area (Å²) in [7, 11) is 0. The Morgan fingerprint density at radius 3 is 2.71 bits per heavy atom. The van der Waals surface area contributed by atoms with Crippen molar-refractivity contribution < 1.29 is 13.9 Å². The van der Waals surface area contributed by atoms with Crippen LogP contribution in [0.5, 0.6) is 5.75 Å². The molecule has 1 heterocycles. The molecule has 0 aliphatic rings. The fourth-order valence-corrected chi connectivity index (χ4v) is 2.08. The van der Waals surface area contributed by atoms with Crippen molar-refractivity contribution in [3.8, 4) is 11.4 Å². The van der Waals surface area contributed by atoms with Crippen LogP contribution in [0.3, 0.4) is 0 Å². The Bertz CT molecular complexity index is 819. The number of rotatable bonds is 5. The maximum absolute atomic E-state index is 13.1. The van der Waals surface area contributed by atoms with Gasteiger partial charge in [0.1, 0.15) is 24.2 Å². The highest BCUT2D eigenvalue weighted by atomic mass is 19.1. The third-order valence-corrected chi connectivity index (χ3v) is 3.30. The molecule has 0 aliphatic carbocycles. The Kier molecular flexibility index (Phi) is 4.51. The monoisotopic (exact) mass is 326 g/mol. The molecule has 0 fully saturated rings. The fraction of sp³-hybridized carbons (Fsp3) is 0.118. The number of hydrogen-bond donors (Lipinski definition) is 1. The van der Waals surface area contributed by atoms with Gasteiger partial charge in [0.25, 0.3) is 5.91 Å². The maximum Gasteiger partial charge on any atom is 0.265 e. The predicted octanol–water partition coefficient (Wildman–Crippen LogP) is 2.81. The number of carbonyl (C=O) groups excluding carboxylic acids is 1. The van der Waals surface area contributed by atoms with E-state index in [9.17, 15) is 9.18 Å². The smallest absolute Gasteiger partial charge is 0.265 e. The number of nitrogens with one attached hydrogen (secondary N) is 1. The van der Waals surface area contributed by atoms with Gasteiger partial charge in [-0.05, 0) is 43.3 Å². The molecule has 1 atom stereocenters. The van der Waals surface area contributed by atoms with Crippen molar-refractivity contribution in [2.45, 2.75) is 13.0 Å². The van der Waals surface area contributed by atoms with E-state index in [-0.39, 0.29) is 5.91 Å². The summed E-state index contributed by atoms with van der Waals surface area (Å²) < 4.78 is 20.2. The molecule has 0 radical (unpaired) electrons. The second-order valence-electron chi connectivity index (χ2n) is 5.09. The van der Waals surface area contributed by atoms with Crippen LogP contribution in [0.15, 0.2) is 61.2 Å². The largest absolute Gasteiger partial charge is 0.481 e. The highest BCUT2D eigenvalue weighted by Crippen LogP contribution is 2.16. The molecule has 0 saturated carbocycles. The van der Waals surface area contributed by atoms with Crippen LogP contribution in [0.25, 0.3) is 5.69 Å². The van der Waals surface area contributed by atoms with Gasteiger partial charge in [0.15, 0.2) is 6.10 Å². The van der Waals surface area contributed by atoms with Crippen LogP contribution in [-0.2, 0) is 4.79 Å². The number of anilines is 1. The summed E-state index contributed by atoms with van der Waals surface area (Å²) in [5.74, 6) is -0.434. The van der Waals surface area contributed by atoms with Crippen molar-refractivity contribution >= 4 is 11.6 Å². The summed E-state index contributed by atoms with van der Waals surface area (Å²) >= 11 is 0. The molecule has 0 aliphatic heterocycles. The first-order chi connectivity index (χ1) is 11.6. The van der Waals surface area contributed by atoms with E-state index >= 15 is 0 Å². The van der Waals surface area contributed by atoms with Crippen LogP contribution >= 0.6 is 0 Å². The molecule has 0 spiro atoms. The highest BCUT2D eigenvalue weighted by Gasteiger charge is 2.15. The van der Waals surface area contributed by atoms with Crippen molar-refractivity contribution in [2.75, 3.05) is 5.32 Å². The lowest BCUT2D eigenvalue weighted by molar-refractivity contribution is -0.122. The van der Waals surface area contributed by atoms with Crippen molar-refractivity contribution in [1.29, 1.82) is 0 Å². The topological polar surface area (TPSA) is 69.0 Å². The fourth-order valence-electron chi connectivity index (χ4n) is 2.08. The Balaban J connectivity index is 1.61. The normalized spacial score (nSPS) is 11.8. The van der Waals surface area contributed by atoms with Crippen molar-refractivity contribution in [3.05, 3.63) is 67.0 Å². The van der Waals surface area contributed by atoms with Gasteiger partial charge in [0.05, 0.1) is 5.69 Å². The lowest BCUT2D eigenvalue weighted by Crippen LogP contribution is -2.30. The van der Waals surface area contributed by atoms with Gasteiger partial charge in [-0.2, -0.15) is 5.10 Å². The predicted molar refractivity (Wildman–Crippen MR) is 86.5 cm³/mol. The number of aromatic nitrogens is 3. The van der Waals surface area contributed by atoms with Crippen LogP contribution in [0, 0.1) is 5.82 Å². The zero-order chi connectivity index (χ0) is 16.9. The molecule has 24 heavy (non-hydrogen) atoms. The summed E-state index contributed by atoms with van der Waals surface area (Å²) in [6.07, 6.45) is 2.27. The number of hydrogen-bond acceptors (Lipinski definition) is 4. The van der Waals surface area contributed by atoms with E-state index in [1.807, 2.05) is 12.1 Å². The molecule has 1 unspecified atom stereocenters. The van der Waals surface area contributed by atoms with Gasteiger partial charge < -0.3 is 10.1 Å². The summed E-state index contributed by atoms with van der Waals surface area (Å²) in [6.45, 7) is 1.60. The van der Waals surface area contributed by atoms with E-state index in [2.05, 4.69) is 15.4 Å². The van der Waals surface area contributed by atoms with Gasteiger partial charge in [0.2, 0.25) is 0 Å². The van der Waals surface area contributed by atoms with Crippen molar-refractivity contribution in [2.24, 2.45) is 0 Å². The zero-order valence-electron chi connectivity index (χ0n) is 12.9. The third kappa shape index (κ3) is 3.75. The zero-order valence-corrected chi connectivity index (χ0v) is 12.9. The Morgan fingerprint density at radius 1 is 1.25 bits per heavy atom. The molecule has 2 aromatic carbocycles. The molecule has 122 valence electrons. The quantitative estimate of drug-likeness (QED) is 0.783. The van der Waals surface area contributed by atoms with Crippen molar-refractivity contribution in [3.63, 3.8) is 0 Å². The lowest BCUT2D eigenvalue weighted by Gasteiger charge is -2.15. The second kappa shape index (κ2) is 6.91. The SMILES string of the molecule is CC(Oc1cccc(F)c1)C(=O)Nc1ccc(-n2cncn2)cc1. The third-order valence-electron chi connectivity index (χ3n) is 3.30. The second-order valence-corrected chi connectivity index (χ2v) is 5.09. The van der Waals surface area contributed by atoms with E-state index in [1.54, 1.807) is 36.1 Å². The van der Waals surface area contributed by atoms with Gasteiger partial charge >= 0.3 is 0 Å². The Hall–Kier alpha value is -3.22.